The summed E-state index contributed by atoms with van der Waals surface area (Å²) < 4.78 is 5.71. The van der Waals surface area contributed by atoms with Gasteiger partial charge in [-0.15, -0.1) is 0 Å². The lowest BCUT2D eigenvalue weighted by molar-refractivity contribution is -0.137. The van der Waals surface area contributed by atoms with Gasteiger partial charge in [-0.25, -0.2) is 0 Å². The summed E-state index contributed by atoms with van der Waals surface area (Å²) >= 11 is 6.17. The molecule has 6 nitrogen and oxygen atoms in total. The summed E-state index contributed by atoms with van der Waals surface area (Å²) in [6, 6.07) is 12.4. The van der Waals surface area contributed by atoms with Crippen LogP contribution in [-0.2, 0) is 14.4 Å². The summed E-state index contributed by atoms with van der Waals surface area (Å²) in [5.74, 6) is -0.510. The van der Waals surface area contributed by atoms with E-state index in [1.54, 1.807) is 24.3 Å². The second-order valence-electron chi connectivity index (χ2n) is 6.88. The molecule has 3 amide bonds. The van der Waals surface area contributed by atoms with Crippen LogP contribution in [0.1, 0.15) is 23.6 Å². The van der Waals surface area contributed by atoms with Gasteiger partial charge < -0.3 is 10.1 Å². The van der Waals surface area contributed by atoms with Crippen molar-refractivity contribution < 1.29 is 19.1 Å². The SMILES string of the molecule is CC(=O)Nc1ccc(C2=C(Cl)C(=O)N(CCOc3cc(C)cc(C)c3)C2=O)cc1. The van der Waals surface area contributed by atoms with E-state index in [0.717, 1.165) is 16.0 Å². The van der Waals surface area contributed by atoms with Gasteiger partial charge in [0.05, 0.1) is 12.1 Å². The van der Waals surface area contributed by atoms with E-state index >= 15 is 0 Å². The highest BCUT2D eigenvalue weighted by atomic mass is 35.5. The molecule has 0 radical (unpaired) electrons. The number of hydrogen-bond acceptors (Lipinski definition) is 4. The zero-order valence-corrected chi connectivity index (χ0v) is 17.2. The molecule has 0 aromatic heterocycles. The fourth-order valence-electron chi connectivity index (χ4n) is 3.19. The molecule has 150 valence electrons. The molecule has 0 spiro atoms. The normalized spacial score (nSPS) is 13.9. The van der Waals surface area contributed by atoms with E-state index in [1.807, 2.05) is 32.0 Å². The summed E-state index contributed by atoms with van der Waals surface area (Å²) in [6.45, 7) is 5.61. The van der Waals surface area contributed by atoms with Crippen molar-refractivity contribution in [2.24, 2.45) is 0 Å². The third-order valence-electron chi connectivity index (χ3n) is 4.38. The number of nitrogens with zero attached hydrogens (tertiary/aromatic N) is 1. The first-order chi connectivity index (χ1) is 13.8. The van der Waals surface area contributed by atoms with E-state index in [0.29, 0.717) is 17.0 Å². The standard InChI is InChI=1S/C22H21ClN2O4/c1-13-10-14(2)12-18(11-13)29-9-8-25-21(27)19(20(23)22(25)28)16-4-6-17(7-5-16)24-15(3)26/h4-7,10-12H,8-9H2,1-3H3,(H,24,26). The molecule has 7 heteroatoms. The van der Waals surface area contributed by atoms with E-state index in [2.05, 4.69) is 5.32 Å². The smallest absolute Gasteiger partial charge is 0.273 e. The van der Waals surface area contributed by atoms with Crippen molar-refractivity contribution in [3.63, 3.8) is 0 Å². The monoisotopic (exact) mass is 412 g/mol. The molecule has 2 aromatic rings. The fraction of sp³-hybridized carbons (Fsp3) is 0.227. The largest absolute Gasteiger partial charge is 0.492 e. The lowest BCUT2D eigenvalue weighted by Gasteiger charge is -2.16. The molecular weight excluding hydrogens is 392 g/mol. The molecule has 0 bridgehead atoms. The Morgan fingerprint density at radius 2 is 1.66 bits per heavy atom. The maximum Gasteiger partial charge on any atom is 0.273 e. The van der Waals surface area contributed by atoms with Crippen LogP contribution in [0.5, 0.6) is 5.75 Å². The molecule has 0 saturated carbocycles. The number of aryl methyl sites for hydroxylation is 2. The molecular formula is C22H21ClN2O4. The van der Waals surface area contributed by atoms with Crippen molar-refractivity contribution in [3.05, 3.63) is 64.2 Å². The molecule has 1 aliphatic rings. The Labute approximate surface area is 174 Å². The van der Waals surface area contributed by atoms with Crippen LogP contribution in [0.4, 0.5) is 5.69 Å². The van der Waals surface area contributed by atoms with Crippen LogP contribution in [-0.4, -0.2) is 35.8 Å². The predicted molar refractivity (Wildman–Crippen MR) is 112 cm³/mol. The highest BCUT2D eigenvalue weighted by Gasteiger charge is 2.37. The van der Waals surface area contributed by atoms with Crippen LogP contribution in [0.2, 0.25) is 0 Å². The van der Waals surface area contributed by atoms with Gasteiger partial charge in [0.2, 0.25) is 5.91 Å². The molecule has 1 heterocycles. The van der Waals surface area contributed by atoms with Gasteiger partial charge in [0, 0.05) is 12.6 Å². The molecule has 0 unspecified atom stereocenters. The van der Waals surface area contributed by atoms with Crippen molar-refractivity contribution in [1.29, 1.82) is 0 Å². The van der Waals surface area contributed by atoms with Crippen molar-refractivity contribution in [3.8, 4) is 5.75 Å². The summed E-state index contributed by atoms with van der Waals surface area (Å²) in [6.07, 6.45) is 0. The number of benzene rings is 2. The first-order valence-electron chi connectivity index (χ1n) is 9.11. The summed E-state index contributed by atoms with van der Waals surface area (Å²) in [7, 11) is 0. The van der Waals surface area contributed by atoms with Crippen LogP contribution in [0, 0.1) is 13.8 Å². The second kappa shape index (κ2) is 8.49. The molecule has 3 rings (SSSR count). The number of carbonyl (C=O) groups excluding carboxylic acids is 3. The first-order valence-corrected chi connectivity index (χ1v) is 9.49. The maximum atomic E-state index is 12.8. The van der Waals surface area contributed by atoms with Crippen LogP contribution in [0.15, 0.2) is 47.5 Å². The van der Waals surface area contributed by atoms with Crippen LogP contribution < -0.4 is 10.1 Å². The van der Waals surface area contributed by atoms with E-state index < -0.39 is 11.8 Å². The van der Waals surface area contributed by atoms with Gasteiger partial charge in [0.25, 0.3) is 11.8 Å². The average Bonchev–Trinajstić information content (AvgIpc) is 2.85. The Balaban J connectivity index is 1.68. The first kappa shape index (κ1) is 20.6. The average molecular weight is 413 g/mol. The number of nitrogens with one attached hydrogen (secondary N) is 1. The Morgan fingerprint density at radius 1 is 1.03 bits per heavy atom. The zero-order chi connectivity index (χ0) is 21.1. The van der Waals surface area contributed by atoms with E-state index in [9.17, 15) is 14.4 Å². The minimum absolute atomic E-state index is 0.0916. The van der Waals surface area contributed by atoms with Gasteiger partial charge in [-0.05, 0) is 54.8 Å². The number of rotatable bonds is 6. The molecule has 29 heavy (non-hydrogen) atoms. The fourth-order valence-corrected chi connectivity index (χ4v) is 3.49. The molecule has 0 fully saturated rings. The number of anilines is 1. The van der Waals surface area contributed by atoms with Crippen LogP contribution >= 0.6 is 11.6 Å². The summed E-state index contributed by atoms with van der Waals surface area (Å²) in [4.78, 5) is 37.5. The van der Waals surface area contributed by atoms with E-state index in [4.69, 9.17) is 16.3 Å². The third kappa shape index (κ3) is 4.66. The van der Waals surface area contributed by atoms with Gasteiger partial charge in [0.1, 0.15) is 17.4 Å². The Morgan fingerprint density at radius 3 is 2.24 bits per heavy atom. The highest BCUT2D eigenvalue weighted by Crippen LogP contribution is 2.32. The van der Waals surface area contributed by atoms with Gasteiger partial charge >= 0.3 is 0 Å². The predicted octanol–water partition coefficient (Wildman–Crippen LogP) is 3.66. The van der Waals surface area contributed by atoms with Crippen molar-refractivity contribution in [1.82, 2.24) is 4.90 Å². The lowest BCUT2D eigenvalue weighted by Crippen LogP contribution is -2.35. The summed E-state index contributed by atoms with van der Waals surface area (Å²) in [5, 5.41) is 2.53. The number of imide groups is 1. The van der Waals surface area contributed by atoms with Gasteiger partial charge in [-0.3, -0.25) is 19.3 Å². The van der Waals surface area contributed by atoms with Crippen molar-refractivity contribution in [2.45, 2.75) is 20.8 Å². The molecule has 0 atom stereocenters. The summed E-state index contributed by atoms with van der Waals surface area (Å²) in [5.41, 5.74) is 3.40. The Kier molecular flexibility index (Phi) is 6.03. The Hall–Kier alpha value is -3.12. The minimum atomic E-state index is -0.540. The van der Waals surface area contributed by atoms with E-state index in [1.165, 1.54) is 6.92 Å². The number of amides is 3. The van der Waals surface area contributed by atoms with Gasteiger partial charge in [-0.1, -0.05) is 29.8 Å². The molecule has 0 aliphatic carbocycles. The second-order valence-corrected chi connectivity index (χ2v) is 7.26. The van der Waals surface area contributed by atoms with Gasteiger partial charge in [-0.2, -0.15) is 0 Å². The van der Waals surface area contributed by atoms with Crippen molar-refractivity contribution in [2.75, 3.05) is 18.5 Å². The molecule has 1 aliphatic heterocycles. The van der Waals surface area contributed by atoms with Gasteiger partial charge in [0.15, 0.2) is 0 Å². The number of ether oxygens (including phenoxy) is 1. The maximum absolute atomic E-state index is 12.8. The minimum Gasteiger partial charge on any atom is -0.492 e. The zero-order valence-electron chi connectivity index (χ0n) is 16.4. The number of hydrogen-bond donors (Lipinski definition) is 1. The molecule has 1 N–H and O–H groups in total. The highest BCUT2D eigenvalue weighted by molar-refractivity contribution is 6.55. The van der Waals surface area contributed by atoms with Crippen LogP contribution in [0.25, 0.3) is 5.57 Å². The molecule has 0 saturated heterocycles. The third-order valence-corrected chi connectivity index (χ3v) is 4.73. The topological polar surface area (TPSA) is 75.7 Å². The number of carbonyl (C=O) groups is 3. The van der Waals surface area contributed by atoms with E-state index in [-0.39, 0.29) is 29.7 Å². The molecule has 2 aromatic carbocycles. The quantitative estimate of drug-likeness (QED) is 0.734. The van der Waals surface area contributed by atoms with Crippen molar-refractivity contribution >= 4 is 40.6 Å². The Bertz CT molecular complexity index is 992. The lowest BCUT2D eigenvalue weighted by atomic mass is 10.1. The number of halogens is 1. The van der Waals surface area contributed by atoms with Crippen LogP contribution in [0.3, 0.4) is 0 Å².